The Morgan fingerprint density at radius 2 is 1.48 bits per heavy atom. The highest BCUT2D eigenvalue weighted by Crippen LogP contribution is 2.41. The van der Waals surface area contributed by atoms with Gasteiger partial charge in [-0.15, -0.1) is 0 Å². The zero-order valence-corrected chi connectivity index (χ0v) is 32.6. The van der Waals surface area contributed by atoms with E-state index in [0.717, 1.165) is 78.5 Å². The van der Waals surface area contributed by atoms with Crippen LogP contribution >= 0.6 is 0 Å². The highest BCUT2D eigenvalue weighted by Gasteiger charge is 2.41. The molecule has 1 aliphatic heterocycles. The van der Waals surface area contributed by atoms with Crippen molar-refractivity contribution in [3.8, 4) is 34.3 Å². The van der Waals surface area contributed by atoms with Crippen LogP contribution in [0.5, 0.6) is 23.0 Å². The van der Waals surface area contributed by atoms with Crippen molar-refractivity contribution in [2.24, 2.45) is 0 Å². The van der Waals surface area contributed by atoms with Crippen LogP contribution in [-0.2, 0) is 27.3 Å². The Labute approximate surface area is 319 Å². The predicted molar refractivity (Wildman–Crippen MR) is 210 cm³/mol. The van der Waals surface area contributed by atoms with E-state index >= 15 is 0 Å². The molecule has 2 aromatic carbocycles. The SMILES string of the molecule is COC1=CC(c2ccc(CN(c3ccc(OC)cc3)C3CCN(Cc4ccnc(-c5cc(OC)c(OC)c(OC)c5)c4)CC3)cn2)=CC(OC)C1(C)OC. The van der Waals surface area contributed by atoms with Gasteiger partial charge in [0.15, 0.2) is 17.1 Å². The highest BCUT2D eigenvalue weighted by molar-refractivity contribution is 5.75. The van der Waals surface area contributed by atoms with E-state index in [1.165, 1.54) is 5.56 Å². The van der Waals surface area contributed by atoms with Crippen LogP contribution in [0.2, 0.25) is 0 Å². The molecular formula is C43H52N4O7. The number of likely N-dealkylation sites (tertiary alicyclic amines) is 1. The maximum Gasteiger partial charge on any atom is 0.203 e. The summed E-state index contributed by atoms with van der Waals surface area (Å²) in [6.07, 6.45) is 9.60. The number of allylic oxidation sites excluding steroid dienone is 2. The summed E-state index contributed by atoms with van der Waals surface area (Å²) in [6.45, 7) is 5.48. The minimum atomic E-state index is -0.719. The lowest BCUT2D eigenvalue weighted by atomic mass is 9.87. The van der Waals surface area contributed by atoms with E-state index < -0.39 is 5.60 Å². The molecule has 0 amide bonds. The number of anilines is 1. The Hall–Kier alpha value is -5.10. The molecule has 2 atom stereocenters. The van der Waals surface area contributed by atoms with Crippen molar-refractivity contribution in [3.63, 3.8) is 0 Å². The third-order valence-corrected chi connectivity index (χ3v) is 10.6. The van der Waals surface area contributed by atoms with Crippen molar-refractivity contribution in [2.75, 3.05) is 67.8 Å². The number of hydrogen-bond donors (Lipinski definition) is 0. The van der Waals surface area contributed by atoms with Gasteiger partial charge < -0.3 is 38.1 Å². The van der Waals surface area contributed by atoms with Gasteiger partial charge in [0.25, 0.3) is 0 Å². The summed E-state index contributed by atoms with van der Waals surface area (Å²) in [5.74, 6) is 3.30. The molecule has 2 unspecified atom stereocenters. The minimum absolute atomic E-state index is 0.322. The Balaban J connectivity index is 1.16. The number of pyridine rings is 2. The molecule has 6 rings (SSSR count). The molecule has 286 valence electrons. The number of hydrogen-bond acceptors (Lipinski definition) is 11. The van der Waals surface area contributed by atoms with Crippen LogP contribution in [0.4, 0.5) is 5.69 Å². The maximum absolute atomic E-state index is 5.81. The molecule has 0 bridgehead atoms. The quantitative estimate of drug-likeness (QED) is 0.124. The smallest absolute Gasteiger partial charge is 0.203 e. The molecule has 0 saturated carbocycles. The molecule has 1 fully saturated rings. The van der Waals surface area contributed by atoms with E-state index in [4.69, 9.17) is 38.1 Å². The number of piperidine rings is 1. The molecule has 0 radical (unpaired) electrons. The maximum atomic E-state index is 5.81. The highest BCUT2D eigenvalue weighted by atomic mass is 16.6. The first-order valence-electron chi connectivity index (χ1n) is 18.2. The van der Waals surface area contributed by atoms with Crippen molar-refractivity contribution in [1.29, 1.82) is 0 Å². The fourth-order valence-electron chi connectivity index (χ4n) is 7.42. The van der Waals surface area contributed by atoms with Gasteiger partial charge in [-0.2, -0.15) is 0 Å². The van der Waals surface area contributed by atoms with Crippen LogP contribution in [0.15, 0.2) is 91.0 Å². The van der Waals surface area contributed by atoms with E-state index in [2.05, 4.69) is 51.2 Å². The van der Waals surface area contributed by atoms with Gasteiger partial charge in [0.2, 0.25) is 5.75 Å². The second kappa shape index (κ2) is 17.4. The second-order valence-corrected chi connectivity index (χ2v) is 13.7. The Morgan fingerprint density at radius 3 is 2.06 bits per heavy atom. The number of nitrogens with zero attached hydrogens (tertiary/aromatic N) is 4. The number of benzene rings is 2. The molecule has 0 spiro atoms. The molecule has 2 aliphatic rings. The van der Waals surface area contributed by atoms with Crippen molar-refractivity contribution in [3.05, 3.63) is 108 Å². The van der Waals surface area contributed by atoms with Gasteiger partial charge in [-0.05, 0) is 97.6 Å². The summed E-state index contributed by atoms with van der Waals surface area (Å²) < 4.78 is 39.5. The van der Waals surface area contributed by atoms with Gasteiger partial charge in [-0.25, -0.2) is 0 Å². The fourth-order valence-corrected chi connectivity index (χ4v) is 7.42. The first kappa shape index (κ1) is 38.6. The van der Waals surface area contributed by atoms with E-state index in [1.54, 1.807) is 49.8 Å². The molecule has 1 aliphatic carbocycles. The average molecular weight is 737 g/mol. The first-order chi connectivity index (χ1) is 26.3. The molecule has 11 heteroatoms. The van der Waals surface area contributed by atoms with E-state index in [9.17, 15) is 0 Å². The summed E-state index contributed by atoms with van der Waals surface area (Å²) in [6, 6.07) is 21.1. The molecule has 11 nitrogen and oxygen atoms in total. The second-order valence-electron chi connectivity index (χ2n) is 13.7. The lowest BCUT2D eigenvalue weighted by molar-refractivity contribution is -0.0873. The summed E-state index contributed by atoms with van der Waals surface area (Å²) in [4.78, 5) is 14.6. The van der Waals surface area contributed by atoms with Crippen LogP contribution in [0, 0.1) is 0 Å². The van der Waals surface area contributed by atoms with Crippen molar-refractivity contribution >= 4 is 11.3 Å². The molecule has 4 aromatic rings. The van der Waals surface area contributed by atoms with Gasteiger partial charge in [0.05, 0.1) is 46.9 Å². The zero-order valence-electron chi connectivity index (χ0n) is 32.6. The summed E-state index contributed by atoms with van der Waals surface area (Å²) in [5, 5.41) is 0. The Morgan fingerprint density at radius 1 is 0.759 bits per heavy atom. The van der Waals surface area contributed by atoms with Crippen LogP contribution < -0.4 is 23.8 Å². The number of rotatable bonds is 15. The summed E-state index contributed by atoms with van der Waals surface area (Å²) in [5.41, 5.74) is 6.32. The third-order valence-electron chi connectivity index (χ3n) is 10.6. The van der Waals surface area contributed by atoms with Gasteiger partial charge in [-0.3, -0.25) is 14.9 Å². The Bertz CT molecular complexity index is 1900. The lowest BCUT2D eigenvalue weighted by Crippen LogP contribution is -2.45. The predicted octanol–water partition coefficient (Wildman–Crippen LogP) is 7.20. The number of methoxy groups -OCH3 is 7. The van der Waals surface area contributed by atoms with Crippen LogP contribution in [-0.4, -0.2) is 95.5 Å². The third kappa shape index (κ3) is 8.18. The van der Waals surface area contributed by atoms with Gasteiger partial charge >= 0.3 is 0 Å². The van der Waals surface area contributed by atoms with Crippen molar-refractivity contribution in [2.45, 2.75) is 50.6 Å². The van der Waals surface area contributed by atoms with Crippen molar-refractivity contribution < 1.29 is 33.2 Å². The van der Waals surface area contributed by atoms with E-state index in [1.807, 2.05) is 55.7 Å². The molecule has 3 heterocycles. The number of aromatic nitrogens is 2. The average Bonchev–Trinajstić information content (AvgIpc) is 3.23. The van der Waals surface area contributed by atoms with Crippen molar-refractivity contribution in [1.82, 2.24) is 14.9 Å². The lowest BCUT2D eigenvalue weighted by Gasteiger charge is -2.40. The molecule has 2 aromatic heterocycles. The standard InChI is InChI=1S/C43H52N4O7/c1-43(54-8)40(51-5)24-32(25-41(43)52-6)36-14-9-30(26-45-36)28-47(33-10-12-35(48-2)13-11-33)34-16-19-46(20-17-34)27-29-15-18-44-37(21-29)31-22-38(49-3)42(53-7)39(23-31)50-4/h9-15,18,21-26,34,40H,16-17,19-20,27-28H2,1-8H3. The summed E-state index contributed by atoms with van der Waals surface area (Å²) in [7, 11) is 11.5. The Kier molecular flexibility index (Phi) is 12.4. The first-order valence-corrected chi connectivity index (χ1v) is 18.2. The molecule has 1 saturated heterocycles. The van der Waals surface area contributed by atoms with Crippen LogP contribution in [0.25, 0.3) is 16.8 Å². The van der Waals surface area contributed by atoms with E-state index in [-0.39, 0.29) is 6.10 Å². The van der Waals surface area contributed by atoms with Crippen LogP contribution in [0.3, 0.4) is 0 Å². The fraction of sp³-hybridized carbons (Fsp3) is 0.395. The molecule has 54 heavy (non-hydrogen) atoms. The van der Waals surface area contributed by atoms with Gasteiger partial charge in [-0.1, -0.05) is 6.07 Å². The topological polar surface area (TPSA) is 96.9 Å². The molecular weight excluding hydrogens is 684 g/mol. The number of ether oxygens (including phenoxy) is 7. The van der Waals surface area contributed by atoms with Crippen LogP contribution in [0.1, 0.15) is 36.6 Å². The van der Waals surface area contributed by atoms with Gasteiger partial charge in [0.1, 0.15) is 17.6 Å². The summed E-state index contributed by atoms with van der Waals surface area (Å²) >= 11 is 0. The zero-order chi connectivity index (χ0) is 38.2. The van der Waals surface area contributed by atoms with Gasteiger partial charge in [0, 0.05) is 75.7 Å². The molecule has 0 N–H and O–H groups in total. The normalized spacial score (nSPS) is 19.1. The largest absolute Gasteiger partial charge is 0.498 e. The van der Waals surface area contributed by atoms with E-state index in [0.29, 0.717) is 29.0 Å². The monoisotopic (exact) mass is 736 g/mol. The minimum Gasteiger partial charge on any atom is -0.498 e.